The number of carbonyl (C=O) groups is 3. The van der Waals surface area contributed by atoms with Crippen molar-refractivity contribution in [2.75, 3.05) is 19.6 Å². The fourth-order valence-corrected chi connectivity index (χ4v) is 6.27. The number of nitrogens with zero attached hydrogens (tertiary/aromatic N) is 5. The van der Waals surface area contributed by atoms with Gasteiger partial charge in [0, 0.05) is 36.9 Å². The van der Waals surface area contributed by atoms with Gasteiger partial charge in [-0.15, -0.1) is 0 Å². The number of carbonyl (C=O) groups excluding carboxylic acids is 3. The van der Waals surface area contributed by atoms with Crippen molar-refractivity contribution in [1.82, 2.24) is 19.4 Å². The van der Waals surface area contributed by atoms with E-state index in [1.807, 2.05) is 43.9 Å². The quantitative estimate of drug-likeness (QED) is 0.326. The number of likely N-dealkylation sites (tertiary alicyclic amines) is 2. The van der Waals surface area contributed by atoms with E-state index in [2.05, 4.69) is 23.6 Å². The molecule has 3 heterocycles. The van der Waals surface area contributed by atoms with Gasteiger partial charge in [-0.25, -0.2) is 5.06 Å². The third-order valence-corrected chi connectivity index (χ3v) is 8.03. The second-order valence-electron chi connectivity index (χ2n) is 12.1. The number of rotatable bonds is 10. The van der Waals surface area contributed by atoms with E-state index in [4.69, 9.17) is 4.84 Å². The van der Waals surface area contributed by atoms with Crippen molar-refractivity contribution >= 4 is 29.1 Å². The first-order valence-electron chi connectivity index (χ1n) is 14.6. The van der Waals surface area contributed by atoms with Crippen molar-refractivity contribution in [3.05, 3.63) is 35.5 Å². The van der Waals surface area contributed by atoms with E-state index in [0.717, 1.165) is 56.1 Å². The molecule has 40 heavy (non-hydrogen) atoms. The topological polar surface area (TPSA) is 98.9 Å². The number of aryl methyl sites for hydroxylation is 2. The van der Waals surface area contributed by atoms with Crippen molar-refractivity contribution in [3.8, 4) is 6.07 Å². The summed E-state index contributed by atoms with van der Waals surface area (Å²) in [6.07, 6.45) is 5.71. The summed E-state index contributed by atoms with van der Waals surface area (Å²) in [5.74, 6) is -0.540. The van der Waals surface area contributed by atoms with Gasteiger partial charge >= 0.3 is 0 Å². The van der Waals surface area contributed by atoms with Crippen molar-refractivity contribution in [3.63, 3.8) is 0 Å². The van der Waals surface area contributed by atoms with Crippen LogP contribution in [0.5, 0.6) is 0 Å². The average molecular weight is 550 g/mol. The van der Waals surface area contributed by atoms with Crippen LogP contribution in [0.15, 0.2) is 24.3 Å². The van der Waals surface area contributed by atoms with Crippen molar-refractivity contribution < 1.29 is 19.2 Å². The number of benzene rings is 1. The summed E-state index contributed by atoms with van der Waals surface area (Å²) < 4.78 is 2.27. The molecule has 3 amide bonds. The second-order valence-corrected chi connectivity index (χ2v) is 12.1. The van der Waals surface area contributed by atoms with E-state index in [9.17, 15) is 19.6 Å². The minimum absolute atomic E-state index is 0.0495. The van der Waals surface area contributed by atoms with Gasteiger partial charge in [0.2, 0.25) is 18.2 Å². The maximum Gasteiger partial charge on any atom is 0.245 e. The van der Waals surface area contributed by atoms with E-state index < -0.39 is 17.6 Å². The Bertz CT molecular complexity index is 1270. The maximum atomic E-state index is 13.8. The molecule has 0 radical (unpaired) electrons. The lowest BCUT2D eigenvalue weighted by Crippen LogP contribution is -2.51. The van der Waals surface area contributed by atoms with Crippen LogP contribution in [0.2, 0.25) is 0 Å². The molecular formula is C31H43N5O4. The zero-order chi connectivity index (χ0) is 29.0. The van der Waals surface area contributed by atoms with Gasteiger partial charge in [-0.3, -0.25) is 19.2 Å². The third-order valence-electron chi connectivity index (χ3n) is 8.03. The molecule has 0 N–H and O–H groups in total. The van der Waals surface area contributed by atoms with Crippen LogP contribution in [-0.2, 0) is 32.2 Å². The Hall–Kier alpha value is -3.38. The third kappa shape index (κ3) is 6.49. The van der Waals surface area contributed by atoms with E-state index in [-0.39, 0.29) is 24.4 Å². The Balaban J connectivity index is 1.41. The second kappa shape index (κ2) is 12.4. The molecule has 2 aromatic rings. The maximum absolute atomic E-state index is 13.8. The lowest BCUT2D eigenvalue weighted by atomic mass is 10.1. The first-order chi connectivity index (χ1) is 19.1. The molecule has 0 bridgehead atoms. The van der Waals surface area contributed by atoms with Crippen LogP contribution >= 0.6 is 0 Å². The van der Waals surface area contributed by atoms with Gasteiger partial charge in [-0.1, -0.05) is 13.0 Å². The summed E-state index contributed by atoms with van der Waals surface area (Å²) in [7, 11) is 0. The first-order valence-corrected chi connectivity index (χ1v) is 14.6. The molecule has 9 heteroatoms. The van der Waals surface area contributed by atoms with Gasteiger partial charge in [0.1, 0.15) is 6.04 Å². The lowest BCUT2D eigenvalue weighted by Gasteiger charge is -2.34. The van der Waals surface area contributed by atoms with Gasteiger partial charge in [0.25, 0.3) is 0 Å². The molecular weight excluding hydrogens is 506 g/mol. The van der Waals surface area contributed by atoms with E-state index in [1.54, 1.807) is 11.8 Å². The Morgan fingerprint density at radius 3 is 2.58 bits per heavy atom. The number of hydrogen-bond acceptors (Lipinski definition) is 5. The van der Waals surface area contributed by atoms with Crippen LogP contribution < -0.4 is 0 Å². The molecule has 3 atom stereocenters. The Morgan fingerprint density at radius 1 is 1.18 bits per heavy atom. The van der Waals surface area contributed by atoms with Crippen LogP contribution in [0, 0.1) is 17.2 Å². The predicted octanol–water partition coefficient (Wildman–Crippen LogP) is 4.27. The SMILES string of the molecule is CCn1c(CC[C@@H]2CCCN2C(=O)[C@H]2CCCN2C(=O)C(C)CN(C=O)OC(C)(C)C)cc2ccc(C#N)cc21. The Labute approximate surface area is 237 Å². The highest BCUT2D eigenvalue weighted by molar-refractivity contribution is 5.89. The van der Waals surface area contributed by atoms with Crippen LogP contribution in [0.4, 0.5) is 0 Å². The van der Waals surface area contributed by atoms with Gasteiger partial charge in [-0.05, 0) is 89.8 Å². The van der Waals surface area contributed by atoms with E-state index >= 15 is 0 Å². The van der Waals surface area contributed by atoms with Crippen LogP contribution in [0.1, 0.15) is 78.0 Å². The molecule has 1 aromatic carbocycles. The monoisotopic (exact) mass is 549 g/mol. The smallest absolute Gasteiger partial charge is 0.245 e. The van der Waals surface area contributed by atoms with Gasteiger partial charge in [0.05, 0.1) is 29.7 Å². The highest BCUT2D eigenvalue weighted by atomic mass is 16.7. The standard InChI is InChI=1S/C31H43N5O4/c1-6-34-26(18-24-12-11-23(19-32)17-28(24)34)14-13-25-9-7-15-35(25)30(39)27-10-8-16-36(27)29(38)22(2)20-33(21-37)40-31(3,4)5/h11-12,17-18,21-22,25,27H,6-10,13-16,20H2,1-5H3/t22?,25-,27+/m0/s1. The molecule has 4 rings (SSSR count). The molecule has 2 saturated heterocycles. The molecule has 2 aliphatic heterocycles. The molecule has 0 saturated carbocycles. The minimum atomic E-state index is -0.550. The summed E-state index contributed by atoms with van der Waals surface area (Å²) in [6, 6.07) is 9.94. The Kier molecular flexibility index (Phi) is 9.19. The number of fused-ring (bicyclic) bond motifs is 1. The largest absolute Gasteiger partial charge is 0.345 e. The number of aromatic nitrogens is 1. The van der Waals surface area contributed by atoms with Crippen molar-refractivity contribution in [2.24, 2.45) is 5.92 Å². The number of amides is 3. The highest BCUT2D eigenvalue weighted by Crippen LogP contribution is 2.29. The van der Waals surface area contributed by atoms with Crippen LogP contribution in [-0.4, -0.2) is 75.0 Å². The molecule has 216 valence electrons. The van der Waals surface area contributed by atoms with Gasteiger partial charge in [-0.2, -0.15) is 5.26 Å². The Morgan fingerprint density at radius 2 is 1.90 bits per heavy atom. The molecule has 9 nitrogen and oxygen atoms in total. The molecule has 1 unspecified atom stereocenters. The summed E-state index contributed by atoms with van der Waals surface area (Å²) in [4.78, 5) is 48.2. The van der Waals surface area contributed by atoms with E-state index in [1.165, 1.54) is 10.8 Å². The fraction of sp³-hybridized carbons (Fsp3) is 0.613. The first kappa shape index (κ1) is 29.6. The summed E-state index contributed by atoms with van der Waals surface area (Å²) >= 11 is 0. The lowest BCUT2D eigenvalue weighted by molar-refractivity contribution is -0.219. The summed E-state index contributed by atoms with van der Waals surface area (Å²) in [5, 5.41) is 11.6. The molecule has 1 aromatic heterocycles. The van der Waals surface area contributed by atoms with E-state index in [0.29, 0.717) is 24.9 Å². The average Bonchev–Trinajstić information content (AvgIpc) is 3.67. The van der Waals surface area contributed by atoms with Crippen molar-refractivity contribution in [2.45, 2.75) is 97.4 Å². The zero-order valence-electron chi connectivity index (χ0n) is 24.6. The molecule has 2 aliphatic rings. The number of hydrogen-bond donors (Lipinski definition) is 0. The number of hydroxylamine groups is 2. The normalized spacial score (nSPS) is 20.1. The van der Waals surface area contributed by atoms with Crippen molar-refractivity contribution in [1.29, 1.82) is 5.26 Å². The molecule has 0 spiro atoms. The summed E-state index contributed by atoms with van der Waals surface area (Å²) in [6.45, 7) is 11.7. The molecule has 2 fully saturated rings. The zero-order valence-corrected chi connectivity index (χ0v) is 24.6. The van der Waals surface area contributed by atoms with Crippen LogP contribution in [0.3, 0.4) is 0 Å². The molecule has 0 aliphatic carbocycles. The predicted molar refractivity (Wildman–Crippen MR) is 153 cm³/mol. The summed E-state index contributed by atoms with van der Waals surface area (Å²) in [5.41, 5.74) is 2.40. The highest BCUT2D eigenvalue weighted by Gasteiger charge is 2.41. The minimum Gasteiger partial charge on any atom is -0.345 e. The fourth-order valence-electron chi connectivity index (χ4n) is 6.27. The van der Waals surface area contributed by atoms with Crippen LogP contribution in [0.25, 0.3) is 10.9 Å². The van der Waals surface area contributed by atoms with Gasteiger partial charge in [0.15, 0.2) is 0 Å². The number of nitriles is 1. The van der Waals surface area contributed by atoms with Gasteiger partial charge < -0.3 is 14.4 Å².